The summed E-state index contributed by atoms with van der Waals surface area (Å²) in [6.45, 7) is 8.94. The van der Waals surface area contributed by atoms with Gasteiger partial charge in [0.15, 0.2) is 9.84 Å². The van der Waals surface area contributed by atoms with Gasteiger partial charge in [0.25, 0.3) is 0 Å². The van der Waals surface area contributed by atoms with E-state index in [9.17, 15) is 8.42 Å². The highest BCUT2D eigenvalue weighted by Gasteiger charge is 2.25. The first kappa shape index (κ1) is 16.1. The highest BCUT2D eigenvalue weighted by atomic mass is 32.2. The predicted molar refractivity (Wildman–Crippen MR) is 85.4 cm³/mol. The van der Waals surface area contributed by atoms with Gasteiger partial charge in [0.1, 0.15) is 0 Å². The molecule has 1 aliphatic rings. The van der Waals surface area contributed by atoms with Crippen LogP contribution in [0.25, 0.3) is 0 Å². The van der Waals surface area contributed by atoms with Crippen LogP contribution in [0, 0.1) is 0 Å². The van der Waals surface area contributed by atoms with Crippen molar-refractivity contribution in [2.24, 2.45) is 0 Å². The van der Waals surface area contributed by atoms with E-state index in [0.717, 1.165) is 18.8 Å². The Morgan fingerprint density at radius 1 is 1.24 bits per heavy atom. The number of anilines is 2. The lowest BCUT2D eigenvalue weighted by atomic mass is 10.2. The number of sulfone groups is 1. The van der Waals surface area contributed by atoms with Crippen LogP contribution in [0.2, 0.25) is 0 Å². The molecule has 2 N–H and O–H groups in total. The molecule has 0 saturated carbocycles. The molecule has 1 fully saturated rings. The number of hydrogen-bond acceptors (Lipinski definition) is 5. The Morgan fingerprint density at radius 2 is 1.81 bits per heavy atom. The summed E-state index contributed by atoms with van der Waals surface area (Å²) in [5.41, 5.74) is 7.24. The Balaban J connectivity index is 2.31. The van der Waals surface area contributed by atoms with Gasteiger partial charge in [-0.15, -0.1) is 0 Å². The van der Waals surface area contributed by atoms with Gasteiger partial charge in [-0.2, -0.15) is 0 Å². The first-order valence-corrected chi connectivity index (χ1v) is 8.80. The predicted octanol–water partition coefficient (Wildman–Crippen LogP) is 2.06. The van der Waals surface area contributed by atoms with Crippen LogP contribution in [0.5, 0.6) is 0 Å². The second-order valence-corrected chi connectivity index (χ2v) is 8.45. The molecule has 2 rings (SSSR count). The van der Waals surface area contributed by atoms with Gasteiger partial charge in [-0.3, -0.25) is 0 Å². The number of benzene rings is 1. The van der Waals surface area contributed by atoms with Crippen molar-refractivity contribution in [3.8, 4) is 0 Å². The molecule has 0 radical (unpaired) electrons. The van der Waals surface area contributed by atoms with Crippen LogP contribution in [0.4, 0.5) is 11.4 Å². The van der Waals surface area contributed by atoms with Crippen molar-refractivity contribution in [3.05, 3.63) is 18.2 Å². The normalized spacial score (nSPS) is 23.6. The van der Waals surface area contributed by atoms with Gasteiger partial charge in [0.2, 0.25) is 0 Å². The summed E-state index contributed by atoms with van der Waals surface area (Å²) < 4.78 is 30.2. The van der Waals surface area contributed by atoms with E-state index >= 15 is 0 Å². The summed E-state index contributed by atoms with van der Waals surface area (Å²) in [5, 5.41) is -0.478. The van der Waals surface area contributed by atoms with Gasteiger partial charge in [-0.1, -0.05) is 0 Å². The fraction of sp³-hybridized carbons (Fsp3) is 0.600. The van der Waals surface area contributed by atoms with Crippen molar-refractivity contribution >= 4 is 21.2 Å². The Labute approximate surface area is 127 Å². The second kappa shape index (κ2) is 5.85. The van der Waals surface area contributed by atoms with Crippen molar-refractivity contribution in [2.45, 2.75) is 50.0 Å². The van der Waals surface area contributed by atoms with E-state index in [0.29, 0.717) is 5.69 Å². The molecular formula is C15H24N2O3S. The van der Waals surface area contributed by atoms with Crippen molar-refractivity contribution in [1.82, 2.24) is 0 Å². The maximum absolute atomic E-state index is 12.2. The van der Waals surface area contributed by atoms with Gasteiger partial charge in [0, 0.05) is 18.8 Å². The molecule has 1 heterocycles. The Bertz CT molecular complexity index is 603. The van der Waals surface area contributed by atoms with Crippen LogP contribution in [0.15, 0.2) is 23.1 Å². The number of hydrogen-bond donors (Lipinski definition) is 1. The van der Waals surface area contributed by atoms with E-state index < -0.39 is 15.1 Å². The zero-order valence-corrected chi connectivity index (χ0v) is 13.9. The van der Waals surface area contributed by atoms with Crippen LogP contribution in [0.3, 0.4) is 0 Å². The largest absolute Gasteiger partial charge is 0.398 e. The van der Waals surface area contributed by atoms with Crippen molar-refractivity contribution in [1.29, 1.82) is 0 Å². The molecule has 1 aromatic rings. The quantitative estimate of drug-likeness (QED) is 0.865. The van der Waals surface area contributed by atoms with E-state index in [1.807, 2.05) is 19.9 Å². The van der Waals surface area contributed by atoms with Gasteiger partial charge >= 0.3 is 0 Å². The molecular weight excluding hydrogens is 288 g/mol. The number of nitrogen functional groups attached to an aromatic ring is 1. The van der Waals surface area contributed by atoms with Crippen molar-refractivity contribution in [2.75, 3.05) is 23.7 Å². The van der Waals surface area contributed by atoms with Crippen LogP contribution in [-0.2, 0) is 14.6 Å². The molecule has 1 aliphatic heterocycles. The first-order chi connectivity index (χ1) is 9.71. The minimum atomic E-state index is -3.34. The van der Waals surface area contributed by atoms with Gasteiger partial charge in [-0.05, 0) is 45.9 Å². The minimum Gasteiger partial charge on any atom is -0.398 e. The molecule has 21 heavy (non-hydrogen) atoms. The summed E-state index contributed by atoms with van der Waals surface area (Å²) in [6.07, 6.45) is 0.295. The molecule has 0 amide bonds. The lowest BCUT2D eigenvalue weighted by Gasteiger charge is -2.37. The van der Waals surface area contributed by atoms with Gasteiger partial charge in [0.05, 0.1) is 28.0 Å². The Morgan fingerprint density at radius 3 is 2.29 bits per heavy atom. The molecule has 0 aliphatic carbocycles. The van der Waals surface area contributed by atoms with Crippen LogP contribution in [0.1, 0.15) is 27.7 Å². The lowest BCUT2D eigenvalue weighted by molar-refractivity contribution is -0.00521. The summed E-state index contributed by atoms with van der Waals surface area (Å²) in [7, 11) is -3.34. The summed E-state index contributed by atoms with van der Waals surface area (Å²) in [4.78, 5) is 2.40. The Hall–Kier alpha value is -1.27. The molecule has 2 unspecified atom stereocenters. The van der Waals surface area contributed by atoms with E-state index in [1.54, 1.807) is 26.0 Å². The monoisotopic (exact) mass is 312 g/mol. The molecule has 6 heteroatoms. The fourth-order valence-electron chi connectivity index (χ4n) is 2.63. The average molecular weight is 312 g/mol. The highest BCUT2D eigenvalue weighted by Crippen LogP contribution is 2.29. The zero-order chi connectivity index (χ0) is 15.8. The number of rotatable bonds is 3. The smallest absolute Gasteiger partial charge is 0.182 e. The first-order valence-electron chi connectivity index (χ1n) is 7.25. The molecule has 118 valence electrons. The summed E-state index contributed by atoms with van der Waals surface area (Å²) in [5.74, 6) is 0. The second-order valence-electron chi connectivity index (χ2n) is 5.98. The molecule has 1 saturated heterocycles. The molecule has 0 bridgehead atoms. The third kappa shape index (κ3) is 3.32. The number of ether oxygens (including phenoxy) is 1. The lowest BCUT2D eigenvalue weighted by Crippen LogP contribution is -2.45. The van der Waals surface area contributed by atoms with Gasteiger partial charge in [-0.25, -0.2) is 8.42 Å². The van der Waals surface area contributed by atoms with E-state index in [1.165, 1.54) is 0 Å². The standard InChI is InChI=1S/C15H24N2O3S/c1-10(2)21(18,19)15-6-5-13(7-14(15)16)17-8-11(3)20-12(4)9-17/h5-7,10-12H,8-9,16H2,1-4H3. The maximum atomic E-state index is 12.2. The number of nitrogens with zero attached hydrogens (tertiary/aromatic N) is 1. The van der Waals surface area contributed by atoms with Crippen LogP contribution >= 0.6 is 0 Å². The SMILES string of the molecule is CC1CN(c2ccc(S(=O)(=O)C(C)C)c(N)c2)CC(C)O1. The number of nitrogens with two attached hydrogens (primary N) is 1. The molecule has 0 aromatic heterocycles. The zero-order valence-electron chi connectivity index (χ0n) is 13.0. The maximum Gasteiger partial charge on any atom is 0.182 e. The Kier molecular flexibility index (Phi) is 4.49. The third-order valence-electron chi connectivity index (χ3n) is 3.71. The van der Waals surface area contributed by atoms with Crippen LogP contribution < -0.4 is 10.6 Å². The van der Waals surface area contributed by atoms with E-state index in [-0.39, 0.29) is 17.1 Å². The van der Waals surface area contributed by atoms with Crippen molar-refractivity contribution in [3.63, 3.8) is 0 Å². The van der Waals surface area contributed by atoms with Crippen LogP contribution in [-0.4, -0.2) is 39.0 Å². The summed E-state index contributed by atoms with van der Waals surface area (Å²) >= 11 is 0. The molecule has 1 aromatic carbocycles. The summed E-state index contributed by atoms with van der Waals surface area (Å²) in [6, 6.07) is 5.20. The third-order valence-corrected chi connectivity index (χ3v) is 5.93. The molecule has 0 spiro atoms. The van der Waals surface area contributed by atoms with Gasteiger partial charge < -0.3 is 15.4 Å². The topological polar surface area (TPSA) is 72.6 Å². The number of morpholine rings is 1. The van der Waals surface area contributed by atoms with E-state index in [2.05, 4.69) is 4.90 Å². The average Bonchev–Trinajstić information content (AvgIpc) is 2.36. The van der Waals surface area contributed by atoms with Crippen molar-refractivity contribution < 1.29 is 13.2 Å². The molecule has 2 atom stereocenters. The highest BCUT2D eigenvalue weighted by molar-refractivity contribution is 7.92. The fourth-order valence-corrected chi connectivity index (χ4v) is 3.79. The minimum absolute atomic E-state index is 0.147. The molecule has 5 nitrogen and oxygen atoms in total. The van der Waals surface area contributed by atoms with E-state index in [4.69, 9.17) is 10.5 Å².